The normalized spacial score (nSPS) is 9.26. The predicted molar refractivity (Wildman–Crippen MR) is 60.3 cm³/mol. The van der Waals surface area contributed by atoms with Gasteiger partial charge >= 0.3 is 11.8 Å². The Bertz CT molecular complexity index is 581. The van der Waals surface area contributed by atoms with Gasteiger partial charge in [-0.1, -0.05) is 0 Å². The molecule has 19 heavy (non-hydrogen) atoms. The third-order valence-electron chi connectivity index (χ3n) is 1.94. The zero-order chi connectivity index (χ0) is 14.4. The summed E-state index contributed by atoms with van der Waals surface area (Å²) in [7, 11) is 0. The van der Waals surface area contributed by atoms with Crippen molar-refractivity contribution in [3.05, 3.63) is 34.1 Å². The molecule has 2 N–H and O–H groups in total. The second-order valence-corrected chi connectivity index (χ2v) is 3.21. The summed E-state index contributed by atoms with van der Waals surface area (Å²) in [5.74, 6) is -3.19. The number of rotatable bonds is 3. The maximum Gasteiger partial charge on any atom is 0.313 e. The van der Waals surface area contributed by atoms with Gasteiger partial charge in [0.2, 0.25) is 0 Å². The third kappa shape index (κ3) is 3.74. The van der Waals surface area contributed by atoms with Crippen LogP contribution < -0.4 is 10.6 Å². The fourth-order valence-electron chi connectivity index (χ4n) is 1.15. The quantitative estimate of drug-likeness (QED) is 0.352. The molecule has 98 valence electrons. The largest absolute Gasteiger partial charge is 0.335 e. The van der Waals surface area contributed by atoms with Crippen LogP contribution in [0.4, 0.5) is 15.8 Å². The summed E-state index contributed by atoms with van der Waals surface area (Å²) in [4.78, 5) is 32.3. The SMILES string of the molecule is N#CCNC(=O)C(=O)Nc1cc(F)ccc1[N+](=O)[O-]. The first kappa shape index (κ1) is 14.0. The highest BCUT2D eigenvalue weighted by Gasteiger charge is 2.20. The number of hydrogen-bond acceptors (Lipinski definition) is 5. The van der Waals surface area contributed by atoms with E-state index in [1.165, 1.54) is 0 Å². The first-order valence-corrected chi connectivity index (χ1v) is 4.85. The second-order valence-electron chi connectivity index (χ2n) is 3.21. The molecule has 0 aliphatic heterocycles. The van der Waals surface area contributed by atoms with Crippen LogP contribution in [-0.4, -0.2) is 23.3 Å². The number of nitrogens with zero attached hydrogens (tertiary/aromatic N) is 2. The number of carbonyl (C=O) groups is 2. The highest BCUT2D eigenvalue weighted by molar-refractivity contribution is 6.39. The molecule has 0 saturated carbocycles. The van der Waals surface area contributed by atoms with Crippen LogP contribution in [0.1, 0.15) is 0 Å². The van der Waals surface area contributed by atoms with E-state index in [9.17, 15) is 24.1 Å². The molecule has 8 nitrogen and oxygen atoms in total. The van der Waals surface area contributed by atoms with Gasteiger partial charge in [-0.15, -0.1) is 0 Å². The molecular formula is C10H7FN4O4. The summed E-state index contributed by atoms with van der Waals surface area (Å²) < 4.78 is 12.9. The van der Waals surface area contributed by atoms with Crippen molar-refractivity contribution in [1.29, 1.82) is 5.26 Å². The number of nitrogens with one attached hydrogen (secondary N) is 2. The van der Waals surface area contributed by atoms with E-state index in [1.807, 2.05) is 10.6 Å². The molecule has 0 aliphatic rings. The topological polar surface area (TPSA) is 125 Å². The van der Waals surface area contributed by atoms with Crippen LogP contribution in [0.5, 0.6) is 0 Å². The standard InChI is InChI=1S/C10H7FN4O4/c11-6-1-2-8(15(18)19)7(5-6)14-10(17)9(16)13-4-3-12/h1-2,5H,4H2,(H,13,16)(H,14,17). The van der Waals surface area contributed by atoms with E-state index < -0.39 is 40.5 Å². The van der Waals surface area contributed by atoms with E-state index >= 15 is 0 Å². The molecule has 0 spiro atoms. The van der Waals surface area contributed by atoms with Gasteiger partial charge in [0.25, 0.3) is 5.69 Å². The summed E-state index contributed by atoms with van der Waals surface area (Å²) in [5, 5.41) is 22.7. The summed E-state index contributed by atoms with van der Waals surface area (Å²) in [6.45, 7) is -0.391. The van der Waals surface area contributed by atoms with Crippen molar-refractivity contribution in [2.45, 2.75) is 0 Å². The summed E-state index contributed by atoms with van der Waals surface area (Å²) in [6.07, 6.45) is 0. The van der Waals surface area contributed by atoms with Crippen molar-refractivity contribution in [3.63, 3.8) is 0 Å². The fraction of sp³-hybridized carbons (Fsp3) is 0.100. The average molecular weight is 266 g/mol. The number of halogens is 1. The highest BCUT2D eigenvalue weighted by Crippen LogP contribution is 2.24. The Kier molecular flexibility index (Phi) is 4.48. The number of anilines is 1. The van der Waals surface area contributed by atoms with Crippen LogP contribution in [0.25, 0.3) is 0 Å². The lowest BCUT2D eigenvalue weighted by Gasteiger charge is -2.05. The Hall–Kier alpha value is -3.02. The Balaban J connectivity index is 2.90. The average Bonchev–Trinajstić information content (AvgIpc) is 2.35. The van der Waals surface area contributed by atoms with Gasteiger partial charge in [-0.3, -0.25) is 19.7 Å². The van der Waals surface area contributed by atoms with Gasteiger partial charge in [-0.2, -0.15) is 5.26 Å². The number of amides is 2. The van der Waals surface area contributed by atoms with Crippen molar-refractivity contribution >= 4 is 23.2 Å². The van der Waals surface area contributed by atoms with E-state index in [0.717, 1.165) is 12.1 Å². The van der Waals surface area contributed by atoms with E-state index in [1.54, 1.807) is 6.07 Å². The van der Waals surface area contributed by atoms with Gasteiger partial charge < -0.3 is 10.6 Å². The Labute approximate surface area is 106 Å². The van der Waals surface area contributed by atoms with Crippen molar-refractivity contribution in [2.75, 3.05) is 11.9 Å². The number of benzene rings is 1. The van der Waals surface area contributed by atoms with Gasteiger partial charge in [0.1, 0.15) is 18.0 Å². The number of nitriles is 1. The molecule has 0 fully saturated rings. The minimum atomic E-state index is -1.23. The molecule has 1 aromatic carbocycles. The molecule has 0 bridgehead atoms. The Morgan fingerprint density at radius 1 is 1.42 bits per heavy atom. The van der Waals surface area contributed by atoms with Crippen LogP contribution in [0.2, 0.25) is 0 Å². The number of nitro benzene ring substituents is 1. The zero-order valence-electron chi connectivity index (χ0n) is 9.34. The minimum Gasteiger partial charge on any atom is -0.335 e. The van der Waals surface area contributed by atoms with Gasteiger partial charge in [0.05, 0.1) is 11.0 Å². The number of hydrogen-bond donors (Lipinski definition) is 2. The monoisotopic (exact) mass is 266 g/mol. The van der Waals surface area contributed by atoms with Crippen molar-refractivity contribution in [3.8, 4) is 6.07 Å². The van der Waals surface area contributed by atoms with E-state index in [4.69, 9.17) is 5.26 Å². The maximum atomic E-state index is 12.9. The predicted octanol–water partition coefficient (Wildman–Crippen LogP) is 0.312. The second kappa shape index (κ2) is 6.06. The first-order valence-electron chi connectivity index (χ1n) is 4.85. The minimum absolute atomic E-state index is 0.391. The van der Waals surface area contributed by atoms with E-state index in [-0.39, 0.29) is 0 Å². The molecule has 9 heteroatoms. The van der Waals surface area contributed by atoms with Gasteiger partial charge in [-0.05, 0) is 6.07 Å². The molecule has 0 radical (unpaired) electrons. The van der Waals surface area contributed by atoms with E-state index in [0.29, 0.717) is 6.07 Å². The lowest BCUT2D eigenvalue weighted by molar-refractivity contribution is -0.384. The molecule has 0 aromatic heterocycles. The number of nitro groups is 1. The lowest BCUT2D eigenvalue weighted by atomic mass is 10.2. The maximum absolute atomic E-state index is 12.9. The fourth-order valence-corrected chi connectivity index (χ4v) is 1.15. The molecule has 2 amide bonds. The van der Waals surface area contributed by atoms with E-state index in [2.05, 4.69) is 0 Å². The molecule has 1 rings (SSSR count). The number of carbonyl (C=O) groups excluding carboxylic acids is 2. The molecule has 0 heterocycles. The van der Waals surface area contributed by atoms with Gasteiger partial charge in [0, 0.05) is 12.1 Å². The zero-order valence-corrected chi connectivity index (χ0v) is 9.34. The highest BCUT2D eigenvalue weighted by atomic mass is 19.1. The summed E-state index contributed by atoms with van der Waals surface area (Å²) >= 11 is 0. The lowest BCUT2D eigenvalue weighted by Crippen LogP contribution is -2.35. The van der Waals surface area contributed by atoms with Crippen molar-refractivity contribution < 1.29 is 18.9 Å². The third-order valence-corrected chi connectivity index (χ3v) is 1.94. The smallest absolute Gasteiger partial charge is 0.313 e. The molecular weight excluding hydrogens is 259 g/mol. The Morgan fingerprint density at radius 2 is 2.11 bits per heavy atom. The van der Waals surface area contributed by atoms with Crippen molar-refractivity contribution in [2.24, 2.45) is 0 Å². The Morgan fingerprint density at radius 3 is 2.68 bits per heavy atom. The van der Waals surface area contributed by atoms with Crippen LogP contribution in [0.15, 0.2) is 18.2 Å². The van der Waals surface area contributed by atoms with Crippen LogP contribution in [0, 0.1) is 27.3 Å². The molecule has 0 unspecified atom stereocenters. The van der Waals surface area contributed by atoms with Crippen LogP contribution >= 0.6 is 0 Å². The van der Waals surface area contributed by atoms with Gasteiger partial charge in [-0.25, -0.2) is 4.39 Å². The summed E-state index contributed by atoms with van der Waals surface area (Å²) in [5.41, 5.74) is -0.995. The first-order chi connectivity index (χ1) is 8.95. The molecule has 0 atom stereocenters. The van der Waals surface area contributed by atoms with Crippen molar-refractivity contribution in [1.82, 2.24) is 5.32 Å². The van der Waals surface area contributed by atoms with Crippen LogP contribution in [-0.2, 0) is 9.59 Å². The molecule has 1 aromatic rings. The van der Waals surface area contributed by atoms with Gasteiger partial charge in [0.15, 0.2) is 0 Å². The van der Waals surface area contributed by atoms with Crippen LogP contribution in [0.3, 0.4) is 0 Å². The molecule has 0 saturated heterocycles. The summed E-state index contributed by atoms with van der Waals surface area (Å²) in [6, 6.07) is 4.00. The molecule has 0 aliphatic carbocycles.